The summed E-state index contributed by atoms with van der Waals surface area (Å²) in [6.45, 7) is 5.40. The number of aryl methyl sites for hydroxylation is 1. The first-order chi connectivity index (χ1) is 8.05. The van der Waals surface area contributed by atoms with Gasteiger partial charge in [0.05, 0.1) is 0 Å². The molecule has 0 saturated heterocycles. The summed E-state index contributed by atoms with van der Waals surface area (Å²) in [5.41, 5.74) is 2.64. The second-order valence-electron chi connectivity index (χ2n) is 5.71. The second-order valence-corrected chi connectivity index (χ2v) is 5.71. The molecule has 1 fully saturated rings. The minimum Gasteiger partial charge on any atom is -0.319 e. The van der Waals surface area contributed by atoms with Crippen molar-refractivity contribution >= 4 is 0 Å². The maximum absolute atomic E-state index is 13.3. The van der Waals surface area contributed by atoms with Gasteiger partial charge in [-0.05, 0) is 67.8 Å². The largest absolute Gasteiger partial charge is 0.319 e. The third-order valence-electron chi connectivity index (χ3n) is 4.05. The Morgan fingerprint density at radius 1 is 1.41 bits per heavy atom. The molecule has 1 atom stereocenters. The lowest BCUT2D eigenvalue weighted by molar-refractivity contribution is 0.262. The molecule has 1 aromatic rings. The third-order valence-corrected chi connectivity index (χ3v) is 4.05. The average molecular weight is 235 g/mol. The van der Waals surface area contributed by atoms with Gasteiger partial charge in [0.25, 0.3) is 0 Å². The molecule has 94 valence electrons. The second kappa shape index (κ2) is 4.77. The first kappa shape index (κ1) is 12.6. The van der Waals surface area contributed by atoms with Gasteiger partial charge in [0, 0.05) is 6.54 Å². The number of rotatable bonds is 5. The van der Waals surface area contributed by atoms with Crippen LogP contribution in [0.4, 0.5) is 4.39 Å². The van der Waals surface area contributed by atoms with Crippen molar-refractivity contribution in [3.05, 3.63) is 35.1 Å². The van der Waals surface area contributed by atoms with E-state index in [2.05, 4.69) is 19.2 Å². The summed E-state index contributed by atoms with van der Waals surface area (Å²) in [6, 6.07) is 5.13. The first-order valence-electron chi connectivity index (χ1n) is 6.45. The van der Waals surface area contributed by atoms with E-state index < -0.39 is 0 Å². The van der Waals surface area contributed by atoms with Crippen LogP contribution in [0.15, 0.2) is 18.2 Å². The fourth-order valence-corrected chi connectivity index (χ4v) is 2.80. The minimum atomic E-state index is -0.117. The van der Waals surface area contributed by atoms with Crippen LogP contribution < -0.4 is 5.32 Å². The zero-order valence-corrected chi connectivity index (χ0v) is 11.0. The highest BCUT2D eigenvalue weighted by Crippen LogP contribution is 2.47. The van der Waals surface area contributed by atoms with Gasteiger partial charge >= 0.3 is 0 Å². The summed E-state index contributed by atoms with van der Waals surface area (Å²) in [6.07, 6.45) is 3.63. The molecule has 0 radical (unpaired) electrons. The molecule has 17 heavy (non-hydrogen) atoms. The van der Waals surface area contributed by atoms with Gasteiger partial charge in [-0.15, -0.1) is 0 Å². The Balaban J connectivity index is 2.19. The summed E-state index contributed by atoms with van der Waals surface area (Å²) in [4.78, 5) is 0. The molecule has 0 bridgehead atoms. The van der Waals surface area contributed by atoms with Gasteiger partial charge in [0.15, 0.2) is 0 Å². The molecule has 2 rings (SSSR count). The Morgan fingerprint density at radius 3 is 2.71 bits per heavy atom. The topological polar surface area (TPSA) is 12.0 Å². The van der Waals surface area contributed by atoms with Gasteiger partial charge in [0.2, 0.25) is 0 Å². The lowest BCUT2D eigenvalue weighted by Gasteiger charge is -2.30. The molecule has 0 aromatic heterocycles. The highest BCUT2D eigenvalue weighted by Gasteiger charge is 2.41. The summed E-state index contributed by atoms with van der Waals surface area (Å²) in [5, 5.41) is 3.29. The van der Waals surface area contributed by atoms with E-state index in [1.165, 1.54) is 18.4 Å². The van der Waals surface area contributed by atoms with Crippen LogP contribution in [0.3, 0.4) is 0 Å². The van der Waals surface area contributed by atoms with Crippen LogP contribution in [0.2, 0.25) is 0 Å². The normalized spacial score (nSPS) is 19.1. The van der Waals surface area contributed by atoms with Crippen LogP contribution in [-0.4, -0.2) is 13.6 Å². The number of benzene rings is 1. The molecule has 1 aliphatic carbocycles. The molecular formula is C15H22FN. The smallest absolute Gasteiger partial charge is 0.123 e. The van der Waals surface area contributed by atoms with Crippen LogP contribution >= 0.6 is 0 Å². The van der Waals surface area contributed by atoms with Crippen molar-refractivity contribution in [1.29, 1.82) is 0 Å². The highest BCUT2D eigenvalue weighted by atomic mass is 19.1. The fraction of sp³-hybridized carbons (Fsp3) is 0.600. The zero-order chi connectivity index (χ0) is 12.5. The summed E-state index contributed by atoms with van der Waals surface area (Å²) in [7, 11) is 2.00. The van der Waals surface area contributed by atoms with E-state index in [1.807, 2.05) is 13.1 Å². The van der Waals surface area contributed by atoms with Crippen LogP contribution in [0.5, 0.6) is 0 Å². The van der Waals surface area contributed by atoms with Crippen molar-refractivity contribution < 1.29 is 4.39 Å². The number of hydrogen-bond donors (Lipinski definition) is 1. The molecule has 1 nitrogen and oxygen atoms in total. The molecule has 0 heterocycles. The molecule has 1 saturated carbocycles. The lowest BCUT2D eigenvalue weighted by atomic mass is 9.78. The SMILES string of the molecule is CNCC(C)(Cc1cc(F)ccc1C)C1CC1. The van der Waals surface area contributed by atoms with Crippen molar-refractivity contribution in [1.82, 2.24) is 5.32 Å². The highest BCUT2D eigenvalue weighted by molar-refractivity contribution is 5.28. The average Bonchev–Trinajstić information content (AvgIpc) is 3.07. The van der Waals surface area contributed by atoms with Crippen molar-refractivity contribution in [2.75, 3.05) is 13.6 Å². The molecule has 1 aromatic carbocycles. The quantitative estimate of drug-likeness (QED) is 0.825. The molecule has 1 N–H and O–H groups in total. The van der Waals surface area contributed by atoms with Crippen molar-refractivity contribution in [3.63, 3.8) is 0 Å². The molecule has 0 spiro atoms. The van der Waals surface area contributed by atoms with E-state index in [4.69, 9.17) is 0 Å². The van der Waals surface area contributed by atoms with Crippen molar-refractivity contribution in [2.24, 2.45) is 11.3 Å². The molecule has 1 aliphatic rings. The predicted molar refractivity (Wildman–Crippen MR) is 69.6 cm³/mol. The lowest BCUT2D eigenvalue weighted by Crippen LogP contribution is -2.34. The van der Waals surface area contributed by atoms with E-state index in [1.54, 1.807) is 12.1 Å². The Labute approximate surface area is 103 Å². The van der Waals surface area contributed by atoms with Gasteiger partial charge in [-0.25, -0.2) is 4.39 Å². The maximum Gasteiger partial charge on any atom is 0.123 e. The molecule has 1 unspecified atom stereocenters. The molecule has 0 aliphatic heterocycles. The fourth-order valence-electron chi connectivity index (χ4n) is 2.80. The molecular weight excluding hydrogens is 213 g/mol. The molecule has 0 amide bonds. The van der Waals surface area contributed by atoms with E-state index in [0.29, 0.717) is 0 Å². The minimum absolute atomic E-state index is 0.117. The van der Waals surface area contributed by atoms with Gasteiger partial charge < -0.3 is 5.32 Å². The van der Waals surface area contributed by atoms with Gasteiger partial charge in [-0.1, -0.05) is 13.0 Å². The zero-order valence-electron chi connectivity index (χ0n) is 11.0. The van der Waals surface area contributed by atoms with E-state index in [-0.39, 0.29) is 11.2 Å². The monoisotopic (exact) mass is 235 g/mol. The Hall–Kier alpha value is -0.890. The summed E-state index contributed by atoms with van der Waals surface area (Å²) >= 11 is 0. The first-order valence-corrected chi connectivity index (χ1v) is 6.45. The Kier molecular flexibility index (Phi) is 3.53. The standard InChI is InChI=1S/C15H22FN/c1-11-4-7-14(16)8-12(11)9-15(2,10-17-3)13-5-6-13/h4,7-8,13,17H,5-6,9-10H2,1-3H3. The maximum atomic E-state index is 13.3. The van der Waals surface area contributed by atoms with Crippen LogP contribution in [-0.2, 0) is 6.42 Å². The van der Waals surface area contributed by atoms with E-state index in [9.17, 15) is 4.39 Å². The number of nitrogens with one attached hydrogen (secondary N) is 1. The number of hydrogen-bond acceptors (Lipinski definition) is 1. The predicted octanol–water partition coefficient (Wildman–Crippen LogP) is 3.31. The van der Waals surface area contributed by atoms with Crippen LogP contribution in [0.25, 0.3) is 0 Å². The van der Waals surface area contributed by atoms with Crippen LogP contribution in [0, 0.1) is 24.1 Å². The number of halogens is 1. The van der Waals surface area contributed by atoms with E-state index >= 15 is 0 Å². The van der Waals surface area contributed by atoms with Gasteiger partial charge in [-0.3, -0.25) is 0 Å². The Bertz CT molecular complexity index is 398. The van der Waals surface area contributed by atoms with Crippen molar-refractivity contribution in [3.8, 4) is 0 Å². The van der Waals surface area contributed by atoms with Crippen LogP contribution in [0.1, 0.15) is 30.9 Å². The summed E-state index contributed by atoms with van der Waals surface area (Å²) in [5.74, 6) is 0.686. The van der Waals surface area contributed by atoms with E-state index in [0.717, 1.165) is 24.4 Å². The Morgan fingerprint density at radius 2 is 2.12 bits per heavy atom. The third kappa shape index (κ3) is 2.86. The molecule has 2 heteroatoms. The van der Waals surface area contributed by atoms with Crippen molar-refractivity contribution in [2.45, 2.75) is 33.1 Å². The van der Waals surface area contributed by atoms with Gasteiger partial charge in [0.1, 0.15) is 5.82 Å². The summed E-state index contributed by atoms with van der Waals surface area (Å²) < 4.78 is 13.3. The van der Waals surface area contributed by atoms with Gasteiger partial charge in [-0.2, -0.15) is 0 Å².